The van der Waals surface area contributed by atoms with Crippen molar-refractivity contribution in [3.05, 3.63) is 74.8 Å². The van der Waals surface area contributed by atoms with Crippen LogP contribution < -0.4 is 0 Å². The van der Waals surface area contributed by atoms with E-state index in [1.54, 1.807) is 18.2 Å². The van der Waals surface area contributed by atoms with Crippen LogP contribution in [0.25, 0.3) is 12.2 Å². The molecular weight excluding hydrogens is 288 g/mol. The van der Waals surface area contributed by atoms with E-state index in [4.69, 9.17) is 5.26 Å². The van der Waals surface area contributed by atoms with Gasteiger partial charge in [0.1, 0.15) is 0 Å². The van der Waals surface area contributed by atoms with Crippen LogP contribution in [0.2, 0.25) is 0 Å². The molecule has 23 heavy (non-hydrogen) atoms. The molecule has 0 N–H and O–H groups in total. The van der Waals surface area contributed by atoms with Crippen molar-refractivity contribution < 1.29 is 4.92 Å². The number of unbranched alkanes of at least 4 members (excludes halogenated alkanes) is 1. The first kappa shape index (κ1) is 16.4. The van der Waals surface area contributed by atoms with E-state index in [0.717, 1.165) is 36.0 Å². The zero-order valence-corrected chi connectivity index (χ0v) is 13.0. The van der Waals surface area contributed by atoms with Crippen molar-refractivity contribution in [2.24, 2.45) is 0 Å². The lowest BCUT2D eigenvalue weighted by molar-refractivity contribution is -0.384. The minimum Gasteiger partial charge on any atom is -0.258 e. The minimum atomic E-state index is -0.385. The fourth-order valence-corrected chi connectivity index (χ4v) is 2.37. The van der Waals surface area contributed by atoms with Crippen molar-refractivity contribution in [2.75, 3.05) is 0 Å². The average Bonchev–Trinajstić information content (AvgIpc) is 2.58. The molecule has 4 nitrogen and oxygen atoms in total. The summed E-state index contributed by atoms with van der Waals surface area (Å²) >= 11 is 0. The molecule has 116 valence electrons. The Balaban J connectivity index is 2.39. The highest BCUT2D eigenvalue weighted by Crippen LogP contribution is 2.22. The highest BCUT2D eigenvalue weighted by Gasteiger charge is 2.09. The Morgan fingerprint density at radius 3 is 2.61 bits per heavy atom. The van der Waals surface area contributed by atoms with Crippen LogP contribution in [0.1, 0.15) is 42.0 Å². The molecule has 0 fully saturated rings. The largest absolute Gasteiger partial charge is 0.270 e. The van der Waals surface area contributed by atoms with Gasteiger partial charge in [0, 0.05) is 12.1 Å². The molecule has 2 rings (SSSR count). The number of benzene rings is 2. The van der Waals surface area contributed by atoms with Crippen molar-refractivity contribution in [3.63, 3.8) is 0 Å². The second kappa shape index (κ2) is 7.90. The Kier molecular flexibility index (Phi) is 5.65. The Bertz CT molecular complexity index is 773. The van der Waals surface area contributed by atoms with Gasteiger partial charge in [0.15, 0.2) is 0 Å². The normalized spacial score (nSPS) is 10.6. The summed E-state index contributed by atoms with van der Waals surface area (Å²) in [6, 6.07) is 14.4. The number of rotatable bonds is 6. The molecule has 2 aromatic rings. The molecule has 0 aromatic heterocycles. The van der Waals surface area contributed by atoms with Gasteiger partial charge in [-0.3, -0.25) is 10.1 Å². The summed E-state index contributed by atoms with van der Waals surface area (Å²) in [5.74, 6) is 0. The predicted molar refractivity (Wildman–Crippen MR) is 91.8 cm³/mol. The van der Waals surface area contributed by atoms with Gasteiger partial charge in [-0.2, -0.15) is 5.26 Å². The third-order valence-corrected chi connectivity index (χ3v) is 3.66. The molecule has 0 aliphatic carbocycles. The fourth-order valence-electron chi connectivity index (χ4n) is 2.37. The number of nitro groups is 1. The second-order valence-electron chi connectivity index (χ2n) is 5.28. The van der Waals surface area contributed by atoms with Crippen LogP contribution in [-0.2, 0) is 6.42 Å². The Labute approximate surface area is 135 Å². The van der Waals surface area contributed by atoms with E-state index in [-0.39, 0.29) is 10.6 Å². The van der Waals surface area contributed by atoms with Crippen LogP contribution in [0.4, 0.5) is 5.69 Å². The number of hydrogen-bond donors (Lipinski definition) is 0. The smallest absolute Gasteiger partial charge is 0.258 e. The first-order chi connectivity index (χ1) is 11.2. The Morgan fingerprint density at radius 2 is 1.91 bits per heavy atom. The summed E-state index contributed by atoms with van der Waals surface area (Å²) in [5, 5.41) is 20.1. The van der Waals surface area contributed by atoms with Gasteiger partial charge in [-0.05, 0) is 35.6 Å². The van der Waals surface area contributed by atoms with E-state index in [9.17, 15) is 10.1 Å². The van der Waals surface area contributed by atoms with Crippen LogP contribution in [0.3, 0.4) is 0 Å². The molecule has 0 spiro atoms. The van der Waals surface area contributed by atoms with Crippen molar-refractivity contribution in [1.82, 2.24) is 0 Å². The van der Waals surface area contributed by atoms with Gasteiger partial charge >= 0.3 is 0 Å². The number of nitrogens with zero attached hydrogens (tertiary/aromatic N) is 2. The molecule has 0 amide bonds. The van der Waals surface area contributed by atoms with Crippen LogP contribution in [0.15, 0.2) is 42.5 Å². The lowest BCUT2D eigenvalue weighted by Gasteiger charge is -2.06. The first-order valence-corrected chi connectivity index (χ1v) is 7.60. The second-order valence-corrected chi connectivity index (χ2v) is 5.28. The molecule has 0 atom stereocenters. The maximum Gasteiger partial charge on any atom is 0.270 e. The van der Waals surface area contributed by atoms with Crippen molar-refractivity contribution in [2.45, 2.75) is 26.2 Å². The molecule has 4 heteroatoms. The first-order valence-electron chi connectivity index (χ1n) is 7.60. The van der Waals surface area contributed by atoms with E-state index >= 15 is 0 Å². The summed E-state index contributed by atoms with van der Waals surface area (Å²) in [6.07, 6.45) is 6.68. The molecule has 0 aliphatic rings. The predicted octanol–water partition coefficient (Wildman–Crippen LogP) is 4.98. The number of hydrogen-bond acceptors (Lipinski definition) is 3. The van der Waals surface area contributed by atoms with Gasteiger partial charge in [-0.25, -0.2) is 0 Å². The van der Waals surface area contributed by atoms with Crippen molar-refractivity contribution in [3.8, 4) is 6.07 Å². The van der Waals surface area contributed by atoms with E-state index in [1.807, 2.05) is 36.4 Å². The van der Waals surface area contributed by atoms with E-state index in [2.05, 4.69) is 13.0 Å². The number of aryl methyl sites for hydroxylation is 1. The van der Waals surface area contributed by atoms with E-state index in [1.165, 1.54) is 0 Å². The van der Waals surface area contributed by atoms with Crippen LogP contribution in [-0.4, -0.2) is 4.92 Å². The summed E-state index contributed by atoms with van der Waals surface area (Å²) in [7, 11) is 0. The standard InChI is InChI=1S/C19H18N2O2/c1-2-3-6-15-11-12-19(21(22)23)13-17(15)10-9-16-7-4-5-8-18(16)14-20/h4-5,7-13H,2-3,6H2,1H3/b10-9+. The van der Waals surface area contributed by atoms with Gasteiger partial charge in [-0.1, -0.05) is 49.8 Å². The number of nitriles is 1. The monoisotopic (exact) mass is 306 g/mol. The summed E-state index contributed by atoms with van der Waals surface area (Å²) in [6.45, 7) is 2.12. The van der Waals surface area contributed by atoms with E-state index in [0.29, 0.717) is 5.56 Å². The quantitative estimate of drug-likeness (QED) is 0.429. The Morgan fingerprint density at radius 1 is 1.17 bits per heavy atom. The van der Waals surface area contributed by atoms with Crippen molar-refractivity contribution in [1.29, 1.82) is 5.26 Å². The van der Waals surface area contributed by atoms with E-state index < -0.39 is 0 Å². The maximum absolute atomic E-state index is 11.0. The Hall–Kier alpha value is -2.93. The topological polar surface area (TPSA) is 66.9 Å². The highest BCUT2D eigenvalue weighted by molar-refractivity contribution is 5.74. The zero-order chi connectivity index (χ0) is 16.7. The third-order valence-electron chi connectivity index (χ3n) is 3.66. The molecule has 0 aliphatic heterocycles. The third kappa shape index (κ3) is 4.27. The molecule has 0 radical (unpaired) electrons. The highest BCUT2D eigenvalue weighted by atomic mass is 16.6. The van der Waals surface area contributed by atoms with Gasteiger partial charge in [0.05, 0.1) is 16.6 Å². The molecule has 0 bridgehead atoms. The molecule has 0 unspecified atom stereocenters. The molecule has 0 saturated heterocycles. The molecule has 0 heterocycles. The van der Waals surface area contributed by atoms with Crippen LogP contribution in [0.5, 0.6) is 0 Å². The number of nitro benzene ring substituents is 1. The molecule has 0 saturated carbocycles. The summed E-state index contributed by atoms with van der Waals surface area (Å²) < 4.78 is 0. The zero-order valence-electron chi connectivity index (χ0n) is 13.0. The average molecular weight is 306 g/mol. The lowest BCUT2D eigenvalue weighted by atomic mass is 9.99. The fraction of sp³-hybridized carbons (Fsp3) is 0.211. The maximum atomic E-state index is 11.0. The summed E-state index contributed by atoms with van der Waals surface area (Å²) in [5.41, 5.74) is 3.40. The van der Waals surface area contributed by atoms with Crippen molar-refractivity contribution >= 4 is 17.8 Å². The van der Waals surface area contributed by atoms with Gasteiger partial charge < -0.3 is 0 Å². The van der Waals surface area contributed by atoms with Crippen LogP contribution >= 0.6 is 0 Å². The lowest BCUT2D eigenvalue weighted by Crippen LogP contribution is -1.94. The van der Waals surface area contributed by atoms with Gasteiger partial charge in [0.25, 0.3) is 5.69 Å². The van der Waals surface area contributed by atoms with Gasteiger partial charge in [0.2, 0.25) is 0 Å². The van der Waals surface area contributed by atoms with Gasteiger partial charge in [-0.15, -0.1) is 0 Å². The van der Waals surface area contributed by atoms with Crippen LogP contribution in [0, 0.1) is 21.4 Å². The minimum absolute atomic E-state index is 0.0819. The summed E-state index contributed by atoms with van der Waals surface area (Å²) in [4.78, 5) is 10.6. The number of non-ortho nitro benzene ring substituents is 1. The SMILES string of the molecule is CCCCc1ccc([N+](=O)[O-])cc1/C=C/c1ccccc1C#N. The molecular formula is C19H18N2O2. The molecule has 2 aromatic carbocycles.